The van der Waals surface area contributed by atoms with Gasteiger partial charge in [0.15, 0.2) is 12.0 Å². The molecule has 5 heteroatoms. The van der Waals surface area contributed by atoms with Crippen LogP contribution >= 0.6 is 0 Å². The first-order valence-electron chi connectivity index (χ1n) is 9.27. The summed E-state index contributed by atoms with van der Waals surface area (Å²) in [5.41, 5.74) is 1.56. The van der Waals surface area contributed by atoms with E-state index < -0.39 is 36.0 Å². The smallest absolute Gasteiger partial charge is 0.321 e. The number of esters is 1. The maximum absolute atomic E-state index is 12.9. The molecule has 27 heavy (non-hydrogen) atoms. The van der Waals surface area contributed by atoms with Gasteiger partial charge >= 0.3 is 11.9 Å². The average molecular weight is 368 g/mol. The van der Waals surface area contributed by atoms with Crippen LogP contribution in [0.5, 0.6) is 0 Å². The fourth-order valence-corrected chi connectivity index (χ4v) is 3.77. The Morgan fingerprint density at radius 1 is 0.926 bits per heavy atom. The largest absolute Gasteiger partial charge is 0.481 e. The lowest BCUT2D eigenvalue weighted by Gasteiger charge is -2.30. The van der Waals surface area contributed by atoms with E-state index in [-0.39, 0.29) is 0 Å². The third-order valence-corrected chi connectivity index (χ3v) is 5.12. The summed E-state index contributed by atoms with van der Waals surface area (Å²) in [5, 5.41) is 19.5. The molecular weight excluding hydrogens is 344 g/mol. The van der Waals surface area contributed by atoms with Crippen LogP contribution in [-0.2, 0) is 14.3 Å². The van der Waals surface area contributed by atoms with E-state index in [0.29, 0.717) is 25.7 Å². The maximum Gasteiger partial charge on any atom is 0.321 e. The number of benzene rings is 2. The Balaban J connectivity index is 1.85. The van der Waals surface area contributed by atoms with Crippen LogP contribution in [0.2, 0.25) is 0 Å². The van der Waals surface area contributed by atoms with Crippen LogP contribution in [0.25, 0.3) is 0 Å². The minimum atomic E-state index is -1.27. The number of carbonyl (C=O) groups excluding carboxylic acids is 1. The average Bonchev–Trinajstić information content (AvgIpc) is 2.67. The molecule has 0 aliphatic heterocycles. The third-order valence-electron chi connectivity index (χ3n) is 5.12. The van der Waals surface area contributed by atoms with Crippen molar-refractivity contribution in [3.63, 3.8) is 0 Å². The molecule has 3 atom stereocenters. The zero-order valence-electron chi connectivity index (χ0n) is 15.0. The Hall–Kier alpha value is -2.66. The molecule has 0 saturated heterocycles. The van der Waals surface area contributed by atoms with Gasteiger partial charge in [-0.1, -0.05) is 67.1 Å². The van der Waals surface area contributed by atoms with Crippen LogP contribution < -0.4 is 0 Å². The number of rotatable bonds is 6. The number of hydrogen-bond donors (Lipinski definition) is 2. The molecule has 0 radical (unpaired) electrons. The molecule has 0 unspecified atom stereocenters. The number of hydrogen-bond acceptors (Lipinski definition) is 4. The summed E-state index contributed by atoms with van der Waals surface area (Å²) in [4.78, 5) is 24.7. The second-order valence-corrected chi connectivity index (χ2v) is 7.03. The van der Waals surface area contributed by atoms with Crippen molar-refractivity contribution < 1.29 is 24.5 Å². The number of carbonyl (C=O) groups is 2. The Bertz CT molecular complexity index is 719. The van der Waals surface area contributed by atoms with Crippen molar-refractivity contribution in [2.45, 2.75) is 37.9 Å². The second kappa shape index (κ2) is 8.82. The van der Waals surface area contributed by atoms with Crippen molar-refractivity contribution in [3.8, 4) is 0 Å². The van der Waals surface area contributed by atoms with Crippen molar-refractivity contribution in [1.29, 1.82) is 0 Å². The van der Waals surface area contributed by atoms with E-state index in [9.17, 15) is 19.8 Å². The molecule has 0 heterocycles. The fraction of sp³-hybridized carbons (Fsp3) is 0.364. The van der Waals surface area contributed by atoms with Crippen molar-refractivity contribution in [2.75, 3.05) is 0 Å². The highest BCUT2D eigenvalue weighted by Gasteiger charge is 2.39. The lowest BCUT2D eigenvalue weighted by Crippen LogP contribution is -2.37. The first-order valence-corrected chi connectivity index (χ1v) is 9.27. The highest BCUT2D eigenvalue weighted by molar-refractivity contribution is 5.94. The molecule has 2 N–H and O–H groups in total. The van der Waals surface area contributed by atoms with Crippen LogP contribution in [0.1, 0.15) is 42.9 Å². The highest BCUT2D eigenvalue weighted by atomic mass is 16.5. The molecule has 1 aliphatic carbocycles. The van der Waals surface area contributed by atoms with Crippen LogP contribution in [-0.4, -0.2) is 28.3 Å². The normalized spacial score (nSPS) is 20.8. The van der Waals surface area contributed by atoms with Crippen molar-refractivity contribution in [3.05, 3.63) is 71.8 Å². The van der Waals surface area contributed by atoms with Gasteiger partial charge in [-0.15, -0.1) is 0 Å². The predicted molar refractivity (Wildman–Crippen MR) is 99.9 cm³/mol. The number of carboxylic acids is 1. The van der Waals surface area contributed by atoms with Gasteiger partial charge in [0.2, 0.25) is 0 Å². The number of aliphatic hydroxyl groups is 1. The quantitative estimate of drug-likeness (QED) is 0.601. The van der Waals surface area contributed by atoms with Gasteiger partial charge in [-0.25, -0.2) is 0 Å². The summed E-state index contributed by atoms with van der Waals surface area (Å²) < 4.78 is 5.73. The van der Waals surface area contributed by atoms with Gasteiger partial charge in [-0.05, 0) is 36.3 Å². The Labute approximate surface area is 158 Å². The molecule has 1 fully saturated rings. The van der Waals surface area contributed by atoms with Crippen molar-refractivity contribution >= 4 is 11.9 Å². The fourth-order valence-electron chi connectivity index (χ4n) is 3.77. The van der Waals surface area contributed by atoms with E-state index in [1.54, 1.807) is 0 Å². The molecule has 5 nitrogen and oxygen atoms in total. The van der Waals surface area contributed by atoms with E-state index in [1.165, 1.54) is 0 Å². The predicted octanol–water partition coefficient (Wildman–Crippen LogP) is 3.57. The van der Waals surface area contributed by atoms with Crippen molar-refractivity contribution in [2.24, 2.45) is 11.8 Å². The number of aliphatic hydroxyl groups excluding tert-OH is 1. The van der Waals surface area contributed by atoms with Crippen molar-refractivity contribution in [1.82, 2.24) is 0 Å². The standard InChI is InChI=1S/C22H24O5/c23-18-13-7-12-17(14-18)19(21(24)25)22(26)27-20(15-8-3-1-4-9-15)16-10-5-2-6-11-16/h1-6,8-11,17-20,23H,7,12-14H2,(H,24,25)/t17-,18+,19-/m1/s1. The Kier molecular flexibility index (Phi) is 6.24. The Morgan fingerprint density at radius 2 is 1.48 bits per heavy atom. The molecule has 2 aromatic carbocycles. The van der Waals surface area contributed by atoms with Crippen LogP contribution in [0.4, 0.5) is 0 Å². The lowest BCUT2D eigenvalue weighted by molar-refractivity contribution is -0.165. The minimum Gasteiger partial charge on any atom is -0.481 e. The van der Waals surface area contributed by atoms with Gasteiger partial charge in [0.25, 0.3) is 0 Å². The molecule has 0 amide bonds. The van der Waals surface area contributed by atoms with Crippen LogP contribution in [0.15, 0.2) is 60.7 Å². The van der Waals surface area contributed by atoms with Gasteiger partial charge < -0.3 is 14.9 Å². The summed E-state index contributed by atoms with van der Waals surface area (Å²) in [6, 6.07) is 18.6. The molecular formula is C22H24O5. The molecule has 0 spiro atoms. The summed E-state index contributed by atoms with van der Waals surface area (Å²) >= 11 is 0. The van der Waals surface area contributed by atoms with E-state index >= 15 is 0 Å². The Morgan fingerprint density at radius 3 is 1.96 bits per heavy atom. The van der Waals surface area contributed by atoms with Crippen LogP contribution in [0.3, 0.4) is 0 Å². The van der Waals surface area contributed by atoms with E-state index in [1.807, 2.05) is 60.7 Å². The summed E-state index contributed by atoms with van der Waals surface area (Å²) in [5.74, 6) is -3.63. The summed E-state index contributed by atoms with van der Waals surface area (Å²) in [6.45, 7) is 0. The van der Waals surface area contributed by atoms with Gasteiger partial charge in [-0.3, -0.25) is 9.59 Å². The van der Waals surface area contributed by atoms with Gasteiger partial charge in [0.1, 0.15) is 0 Å². The van der Waals surface area contributed by atoms with E-state index in [2.05, 4.69) is 0 Å². The van der Waals surface area contributed by atoms with Gasteiger partial charge in [0.05, 0.1) is 6.10 Å². The first-order chi connectivity index (χ1) is 13.1. The zero-order chi connectivity index (χ0) is 19.2. The number of carboxylic acid groups (broad SMARTS) is 1. The van der Waals surface area contributed by atoms with E-state index in [0.717, 1.165) is 11.1 Å². The summed E-state index contributed by atoms with van der Waals surface area (Å²) in [6.07, 6.45) is 1.04. The maximum atomic E-state index is 12.9. The SMILES string of the molecule is O=C(O)[C@H](C(=O)OC(c1ccccc1)c1ccccc1)[C@@H]1CCC[C@H](O)C1. The molecule has 3 rings (SSSR count). The molecule has 0 aromatic heterocycles. The van der Waals surface area contributed by atoms with Gasteiger partial charge in [0, 0.05) is 0 Å². The summed E-state index contributed by atoms with van der Waals surface area (Å²) in [7, 11) is 0. The third kappa shape index (κ3) is 4.74. The second-order valence-electron chi connectivity index (χ2n) is 7.03. The number of aliphatic carboxylic acids is 1. The first kappa shape index (κ1) is 19.1. The molecule has 1 aliphatic rings. The monoisotopic (exact) mass is 368 g/mol. The number of ether oxygens (including phenoxy) is 1. The molecule has 1 saturated carbocycles. The molecule has 2 aromatic rings. The van der Waals surface area contributed by atoms with Crippen LogP contribution in [0, 0.1) is 11.8 Å². The van der Waals surface area contributed by atoms with Gasteiger partial charge in [-0.2, -0.15) is 0 Å². The topological polar surface area (TPSA) is 83.8 Å². The lowest BCUT2D eigenvalue weighted by atomic mass is 9.78. The molecule has 0 bridgehead atoms. The highest BCUT2D eigenvalue weighted by Crippen LogP contribution is 2.34. The zero-order valence-corrected chi connectivity index (χ0v) is 15.0. The molecule has 142 valence electrons. The van der Waals surface area contributed by atoms with E-state index in [4.69, 9.17) is 4.74 Å². The minimum absolute atomic E-state index is 0.313.